The number of rotatable bonds is 2. The van der Waals surface area contributed by atoms with E-state index in [0.29, 0.717) is 5.75 Å². The van der Waals surface area contributed by atoms with Gasteiger partial charge >= 0.3 is 5.97 Å². The zero-order valence-electron chi connectivity index (χ0n) is 8.40. The van der Waals surface area contributed by atoms with Crippen LogP contribution in [0.3, 0.4) is 0 Å². The largest absolute Gasteiger partial charge is 0.468 e. The maximum absolute atomic E-state index is 10.9. The average molecular weight is 221 g/mol. The zero-order chi connectivity index (χ0) is 10.7. The Balaban J connectivity index is 1.97. The lowest BCUT2D eigenvalue weighted by atomic mass is 10.2. The molecular weight excluding hydrogens is 210 g/mol. The molecule has 0 saturated carbocycles. The molecule has 1 aliphatic heterocycles. The zero-order valence-corrected chi connectivity index (χ0v) is 9.21. The van der Waals surface area contributed by atoms with Crippen LogP contribution in [0.2, 0.25) is 0 Å². The minimum absolute atomic E-state index is 0.210. The fourth-order valence-electron chi connectivity index (χ4n) is 1.39. The molecule has 1 aromatic carbocycles. The first-order valence-corrected chi connectivity index (χ1v) is 5.63. The van der Waals surface area contributed by atoms with Crippen molar-refractivity contribution in [1.82, 2.24) is 0 Å². The van der Waals surface area contributed by atoms with Gasteiger partial charge in [-0.3, -0.25) is 4.79 Å². The van der Waals surface area contributed by atoms with Gasteiger partial charge in [-0.25, -0.2) is 4.99 Å². The molecule has 4 heteroatoms. The van der Waals surface area contributed by atoms with Crippen LogP contribution in [-0.2, 0) is 16.0 Å². The number of carbonyl (C=O) groups excluding carboxylic acids is 1. The summed E-state index contributed by atoms with van der Waals surface area (Å²) < 4.78 is 4.57. The molecule has 0 unspecified atom stereocenters. The number of fused-ring (bicyclic) bond motifs is 1. The third-order valence-electron chi connectivity index (χ3n) is 2.16. The van der Waals surface area contributed by atoms with Crippen molar-refractivity contribution in [3.05, 3.63) is 29.8 Å². The van der Waals surface area contributed by atoms with Gasteiger partial charge in [0.05, 0.1) is 23.6 Å². The number of methoxy groups -OCH3 is 1. The molecule has 15 heavy (non-hydrogen) atoms. The summed E-state index contributed by atoms with van der Waals surface area (Å²) >= 11 is 1.45. The van der Waals surface area contributed by atoms with Crippen LogP contribution in [0.5, 0.6) is 0 Å². The fourth-order valence-corrected chi connectivity index (χ4v) is 2.21. The van der Waals surface area contributed by atoms with Gasteiger partial charge in [0.25, 0.3) is 0 Å². The third kappa shape index (κ3) is 2.39. The molecule has 3 nitrogen and oxygen atoms in total. The number of para-hydroxylation sites is 1. The normalized spacial score (nSPS) is 13.3. The van der Waals surface area contributed by atoms with Crippen molar-refractivity contribution in [3.63, 3.8) is 0 Å². The van der Waals surface area contributed by atoms with Gasteiger partial charge in [0.1, 0.15) is 0 Å². The topological polar surface area (TPSA) is 38.7 Å². The molecular formula is C11H11NO2S. The molecule has 0 saturated heterocycles. The smallest absolute Gasteiger partial charge is 0.316 e. The molecule has 0 amide bonds. The van der Waals surface area contributed by atoms with Gasteiger partial charge in [-0.2, -0.15) is 0 Å². The van der Waals surface area contributed by atoms with Crippen molar-refractivity contribution in [2.75, 3.05) is 12.9 Å². The van der Waals surface area contributed by atoms with E-state index in [1.165, 1.54) is 24.4 Å². The summed E-state index contributed by atoms with van der Waals surface area (Å²) in [6.45, 7) is 0. The van der Waals surface area contributed by atoms with Gasteiger partial charge < -0.3 is 4.74 Å². The van der Waals surface area contributed by atoms with Gasteiger partial charge in [-0.1, -0.05) is 30.0 Å². The highest BCUT2D eigenvalue weighted by Gasteiger charge is 2.15. The Kier molecular flexibility index (Phi) is 3.06. The maximum atomic E-state index is 10.9. The average Bonchev–Trinajstić information content (AvgIpc) is 2.68. The first kappa shape index (κ1) is 10.2. The van der Waals surface area contributed by atoms with Crippen LogP contribution in [0.1, 0.15) is 5.56 Å². The fraction of sp³-hybridized carbons (Fsp3) is 0.273. The van der Waals surface area contributed by atoms with Crippen LogP contribution < -0.4 is 0 Å². The number of esters is 1. The molecule has 1 heterocycles. The molecule has 0 N–H and O–H groups in total. The molecule has 2 rings (SSSR count). The summed E-state index contributed by atoms with van der Waals surface area (Å²) in [5.41, 5.74) is 2.25. The van der Waals surface area contributed by atoms with E-state index in [-0.39, 0.29) is 5.97 Å². The van der Waals surface area contributed by atoms with E-state index < -0.39 is 0 Å². The van der Waals surface area contributed by atoms with Gasteiger partial charge in [0.15, 0.2) is 0 Å². The SMILES string of the molecule is COC(=O)CSC1=Nc2ccccc2C1. The van der Waals surface area contributed by atoms with Crippen LogP contribution in [0.4, 0.5) is 5.69 Å². The summed E-state index contributed by atoms with van der Waals surface area (Å²) in [4.78, 5) is 15.4. The van der Waals surface area contributed by atoms with E-state index in [2.05, 4.69) is 15.8 Å². The molecule has 0 aliphatic carbocycles. The number of aliphatic imine (C=N–C) groups is 1. The Morgan fingerprint density at radius 2 is 2.33 bits per heavy atom. The van der Waals surface area contributed by atoms with Crippen molar-refractivity contribution in [2.45, 2.75) is 6.42 Å². The van der Waals surface area contributed by atoms with Crippen LogP contribution >= 0.6 is 11.8 Å². The van der Waals surface area contributed by atoms with Crippen molar-refractivity contribution < 1.29 is 9.53 Å². The Hall–Kier alpha value is -1.29. The third-order valence-corrected chi connectivity index (χ3v) is 3.11. The van der Waals surface area contributed by atoms with Crippen LogP contribution in [0, 0.1) is 0 Å². The summed E-state index contributed by atoms with van der Waals surface area (Å²) in [6.07, 6.45) is 0.831. The van der Waals surface area contributed by atoms with Gasteiger partial charge in [-0.05, 0) is 11.6 Å². The quantitative estimate of drug-likeness (QED) is 0.718. The Labute approximate surface area is 92.5 Å². The molecule has 0 fully saturated rings. The second-order valence-corrected chi connectivity index (χ2v) is 4.22. The highest BCUT2D eigenvalue weighted by Crippen LogP contribution is 2.29. The van der Waals surface area contributed by atoms with Crippen molar-refractivity contribution >= 4 is 28.5 Å². The first-order chi connectivity index (χ1) is 7.29. The molecule has 1 aromatic rings. The van der Waals surface area contributed by atoms with E-state index >= 15 is 0 Å². The lowest BCUT2D eigenvalue weighted by molar-refractivity contribution is -0.137. The molecule has 0 bridgehead atoms. The minimum Gasteiger partial charge on any atom is -0.468 e. The molecule has 0 spiro atoms. The standard InChI is InChI=1S/C11H11NO2S/c1-14-11(13)7-15-10-6-8-4-2-3-5-9(8)12-10/h2-5H,6-7H2,1H3. The Morgan fingerprint density at radius 3 is 3.07 bits per heavy atom. The molecule has 0 aromatic heterocycles. The molecule has 78 valence electrons. The predicted molar refractivity (Wildman–Crippen MR) is 61.7 cm³/mol. The number of ether oxygens (including phenoxy) is 1. The summed E-state index contributed by atoms with van der Waals surface area (Å²) in [5, 5.41) is 0.988. The van der Waals surface area contributed by atoms with Crippen molar-refractivity contribution in [3.8, 4) is 0 Å². The highest BCUT2D eigenvalue weighted by molar-refractivity contribution is 8.14. The predicted octanol–water partition coefficient (Wildman–Crippen LogP) is 2.18. The Morgan fingerprint density at radius 1 is 1.53 bits per heavy atom. The molecule has 0 radical (unpaired) electrons. The van der Waals surface area contributed by atoms with Gasteiger partial charge in [0.2, 0.25) is 0 Å². The number of hydrogen-bond acceptors (Lipinski definition) is 4. The van der Waals surface area contributed by atoms with E-state index in [1.807, 2.05) is 18.2 Å². The Bertz CT molecular complexity index is 415. The van der Waals surface area contributed by atoms with E-state index in [9.17, 15) is 4.79 Å². The van der Waals surface area contributed by atoms with Crippen molar-refractivity contribution in [1.29, 1.82) is 0 Å². The summed E-state index contributed by atoms with van der Waals surface area (Å²) in [6, 6.07) is 8.02. The number of carbonyl (C=O) groups is 1. The second-order valence-electron chi connectivity index (χ2n) is 3.18. The van der Waals surface area contributed by atoms with E-state index in [1.54, 1.807) is 0 Å². The number of benzene rings is 1. The second kappa shape index (κ2) is 4.49. The summed E-state index contributed by atoms with van der Waals surface area (Å²) in [7, 11) is 1.40. The highest BCUT2D eigenvalue weighted by atomic mass is 32.2. The number of nitrogens with zero attached hydrogens (tertiary/aromatic N) is 1. The minimum atomic E-state index is -0.210. The van der Waals surface area contributed by atoms with E-state index in [4.69, 9.17) is 0 Å². The van der Waals surface area contributed by atoms with Gasteiger partial charge in [-0.15, -0.1) is 0 Å². The number of hydrogen-bond donors (Lipinski definition) is 0. The van der Waals surface area contributed by atoms with Crippen LogP contribution in [-0.4, -0.2) is 23.9 Å². The molecule has 0 atom stereocenters. The lowest BCUT2D eigenvalue weighted by Crippen LogP contribution is -2.06. The maximum Gasteiger partial charge on any atom is 0.316 e. The van der Waals surface area contributed by atoms with Crippen LogP contribution in [0.25, 0.3) is 0 Å². The monoisotopic (exact) mass is 221 g/mol. The first-order valence-electron chi connectivity index (χ1n) is 4.64. The van der Waals surface area contributed by atoms with Crippen LogP contribution in [0.15, 0.2) is 29.3 Å². The number of thioether (sulfide) groups is 1. The summed E-state index contributed by atoms with van der Waals surface area (Å²) in [5.74, 6) is 0.127. The van der Waals surface area contributed by atoms with E-state index in [0.717, 1.165) is 17.2 Å². The van der Waals surface area contributed by atoms with Crippen molar-refractivity contribution in [2.24, 2.45) is 4.99 Å². The lowest BCUT2D eigenvalue weighted by Gasteiger charge is -1.98. The molecule has 1 aliphatic rings. The van der Waals surface area contributed by atoms with Gasteiger partial charge in [0, 0.05) is 6.42 Å².